The summed E-state index contributed by atoms with van der Waals surface area (Å²) in [5, 5.41) is 11.6. The van der Waals surface area contributed by atoms with Crippen molar-refractivity contribution in [2.45, 2.75) is 6.10 Å². The van der Waals surface area contributed by atoms with Crippen molar-refractivity contribution in [3.05, 3.63) is 21.3 Å². The Morgan fingerprint density at radius 1 is 1.80 bits per heavy atom. The maximum Gasteiger partial charge on any atom is 0.100 e. The highest BCUT2D eigenvalue weighted by atomic mass is 35.5. The van der Waals surface area contributed by atoms with Gasteiger partial charge in [-0.2, -0.15) is 0 Å². The van der Waals surface area contributed by atoms with Gasteiger partial charge in [-0.25, -0.2) is 0 Å². The van der Waals surface area contributed by atoms with Gasteiger partial charge in [0.05, 0.1) is 5.02 Å². The topological polar surface area (TPSA) is 46.2 Å². The average molecular weight is 178 g/mol. The van der Waals surface area contributed by atoms with Crippen LogP contribution in [0.3, 0.4) is 0 Å². The second kappa shape index (κ2) is 3.34. The van der Waals surface area contributed by atoms with Crippen molar-refractivity contribution in [3.63, 3.8) is 0 Å². The number of rotatable bonds is 2. The van der Waals surface area contributed by atoms with Crippen molar-refractivity contribution in [3.8, 4) is 0 Å². The standard InChI is InChI=1S/C6H8ClNOS/c7-4-1-6(10-3-4)5(9)2-8/h1,3,5,9H,2,8H2. The molecule has 4 heteroatoms. The number of halogens is 1. The molecule has 0 saturated carbocycles. The van der Waals surface area contributed by atoms with E-state index in [0.717, 1.165) is 4.88 Å². The van der Waals surface area contributed by atoms with Gasteiger partial charge in [0.25, 0.3) is 0 Å². The van der Waals surface area contributed by atoms with Crippen LogP contribution in [0.1, 0.15) is 11.0 Å². The summed E-state index contributed by atoms with van der Waals surface area (Å²) in [7, 11) is 0. The van der Waals surface area contributed by atoms with Crippen LogP contribution in [0, 0.1) is 0 Å². The fraction of sp³-hybridized carbons (Fsp3) is 0.333. The summed E-state index contributed by atoms with van der Waals surface area (Å²) < 4.78 is 0. The van der Waals surface area contributed by atoms with Crippen molar-refractivity contribution < 1.29 is 5.11 Å². The number of thiophene rings is 1. The normalized spacial score (nSPS) is 13.5. The molecule has 0 aliphatic rings. The van der Waals surface area contributed by atoms with Gasteiger partial charge in [0.2, 0.25) is 0 Å². The summed E-state index contributed by atoms with van der Waals surface area (Å²) in [4.78, 5) is 0.826. The maximum absolute atomic E-state index is 9.17. The van der Waals surface area contributed by atoms with E-state index < -0.39 is 6.10 Å². The minimum atomic E-state index is -0.558. The molecular formula is C6H8ClNOS. The van der Waals surface area contributed by atoms with Gasteiger partial charge in [-0.3, -0.25) is 0 Å². The molecule has 0 radical (unpaired) electrons. The van der Waals surface area contributed by atoms with Gasteiger partial charge in [0, 0.05) is 16.8 Å². The molecule has 1 rings (SSSR count). The molecule has 0 aromatic carbocycles. The van der Waals surface area contributed by atoms with E-state index in [2.05, 4.69) is 0 Å². The minimum absolute atomic E-state index is 0.247. The molecular weight excluding hydrogens is 170 g/mol. The number of hydrogen-bond donors (Lipinski definition) is 2. The van der Waals surface area contributed by atoms with Crippen LogP contribution >= 0.6 is 22.9 Å². The first kappa shape index (κ1) is 8.01. The molecule has 1 aromatic rings. The lowest BCUT2D eigenvalue weighted by molar-refractivity contribution is 0.190. The third kappa shape index (κ3) is 1.70. The molecule has 0 aliphatic carbocycles. The predicted octanol–water partition coefficient (Wildman–Crippen LogP) is 1.39. The molecule has 0 aliphatic heterocycles. The van der Waals surface area contributed by atoms with Crippen LogP contribution in [0.2, 0.25) is 5.02 Å². The summed E-state index contributed by atoms with van der Waals surface area (Å²) in [6.45, 7) is 0.247. The Balaban J connectivity index is 2.74. The predicted molar refractivity (Wildman–Crippen MR) is 43.3 cm³/mol. The lowest BCUT2D eigenvalue weighted by atomic mass is 10.3. The third-order valence-electron chi connectivity index (χ3n) is 1.14. The fourth-order valence-corrected chi connectivity index (χ4v) is 1.70. The Bertz CT molecular complexity index is 213. The van der Waals surface area contributed by atoms with Gasteiger partial charge >= 0.3 is 0 Å². The van der Waals surface area contributed by atoms with Crippen molar-refractivity contribution in [1.82, 2.24) is 0 Å². The zero-order chi connectivity index (χ0) is 7.56. The smallest absolute Gasteiger partial charge is 0.100 e. The molecule has 2 nitrogen and oxygen atoms in total. The Hall–Kier alpha value is -0.0900. The Labute approximate surface area is 68.2 Å². The van der Waals surface area contributed by atoms with Crippen molar-refractivity contribution in [2.24, 2.45) is 5.73 Å². The van der Waals surface area contributed by atoms with E-state index in [9.17, 15) is 0 Å². The van der Waals surface area contributed by atoms with E-state index in [0.29, 0.717) is 5.02 Å². The number of hydrogen-bond acceptors (Lipinski definition) is 3. The first-order valence-corrected chi connectivity index (χ1v) is 4.12. The molecule has 1 unspecified atom stereocenters. The lowest BCUT2D eigenvalue weighted by Gasteiger charge is -2.01. The van der Waals surface area contributed by atoms with Gasteiger partial charge in [0.15, 0.2) is 0 Å². The van der Waals surface area contributed by atoms with E-state index in [4.69, 9.17) is 22.4 Å². The zero-order valence-electron chi connectivity index (χ0n) is 5.25. The summed E-state index contributed by atoms with van der Waals surface area (Å²) in [6.07, 6.45) is -0.558. The quantitative estimate of drug-likeness (QED) is 0.718. The van der Waals surface area contributed by atoms with Gasteiger partial charge in [-0.05, 0) is 6.07 Å². The molecule has 0 spiro atoms. The monoisotopic (exact) mass is 177 g/mol. The second-order valence-electron chi connectivity index (χ2n) is 1.92. The van der Waals surface area contributed by atoms with E-state index in [1.54, 1.807) is 11.4 Å². The highest BCUT2D eigenvalue weighted by molar-refractivity contribution is 7.10. The van der Waals surface area contributed by atoms with Crippen LogP contribution in [0.4, 0.5) is 0 Å². The molecule has 0 bridgehead atoms. The van der Waals surface area contributed by atoms with E-state index in [1.807, 2.05) is 0 Å². The Morgan fingerprint density at radius 2 is 2.50 bits per heavy atom. The number of nitrogens with two attached hydrogens (primary N) is 1. The average Bonchev–Trinajstić information content (AvgIpc) is 2.34. The summed E-state index contributed by atoms with van der Waals surface area (Å²) in [5.74, 6) is 0. The first-order chi connectivity index (χ1) is 4.74. The zero-order valence-corrected chi connectivity index (χ0v) is 6.82. The third-order valence-corrected chi connectivity index (χ3v) is 2.52. The number of aliphatic hydroxyl groups is 1. The molecule has 56 valence electrons. The van der Waals surface area contributed by atoms with Crippen molar-refractivity contribution in [1.29, 1.82) is 0 Å². The van der Waals surface area contributed by atoms with E-state index in [-0.39, 0.29) is 6.54 Å². The fourth-order valence-electron chi connectivity index (χ4n) is 0.619. The molecule has 1 heterocycles. The number of aliphatic hydroxyl groups excluding tert-OH is 1. The van der Waals surface area contributed by atoms with Crippen LogP contribution in [0.25, 0.3) is 0 Å². The largest absolute Gasteiger partial charge is 0.386 e. The Morgan fingerprint density at radius 3 is 2.90 bits per heavy atom. The second-order valence-corrected chi connectivity index (χ2v) is 3.30. The highest BCUT2D eigenvalue weighted by Gasteiger charge is 2.06. The molecule has 0 amide bonds. The van der Waals surface area contributed by atoms with Crippen molar-refractivity contribution >= 4 is 22.9 Å². The van der Waals surface area contributed by atoms with Gasteiger partial charge in [-0.1, -0.05) is 11.6 Å². The highest BCUT2D eigenvalue weighted by Crippen LogP contribution is 2.24. The minimum Gasteiger partial charge on any atom is -0.386 e. The molecule has 10 heavy (non-hydrogen) atoms. The van der Waals surface area contributed by atoms with Crippen LogP contribution in [0.5, 0.6) is 0 Å². The maximum atomic E-state index is 9.17. The molecule has 1 atom stereocenters. The molecule has 3 N–H and O–H groups in total. The van der Waals surface area contributed by atoms with Crippen molar-refractivity contribution in [2.75, 3.05) is 6.54 Å². The summed E-state index contributed by atoms with van der Waals surface area (Å²) in [5.41, 5.74) is 5.23. The summed E-state index contributed by atoms with van der Waals surface area (Å²) >= 11 is 7.04. The van der Waals surface area contributed by atoms with Gasteiger partial charge < -0.3 is 10.8 Å². The SMILES string of the molecule is NCC(O)c1cc(Cl)cs1. The first-order valence-electron chi connectivity index (χ1n) is 2.86. The Kier molecular flexibility index (Phi) is 2.68. The lowest BCUT2D eigenvalue weighted by Crippen LogP contribution is -2.09. The van der Waals surface area contributed by atoms with Crippen LogP contribution in [0.15, 0.2) is 11.4 Å². The molecule has 0 saturated heterocycles. The van der Waals surface area contributed by atoms with Crippen LogP contribution < -0.4 is 5.73 Å². The van der Waals surface area contributed by atoms with Crippen LogP contribution in [-0.4, -0.2) is 11.7 Å². The summed E-state index contributed by atoms with van der Waals surface area (Å²) in [6, 6.07) is 1.73. The molecule has 0 fully saturated rings. The van der Waals surface area contributed by atoms with Gasteiger partial charge in [-0.15, -0.1) is 11.3 Å². The van der Waals surface area contributed by atoms with Crippen LogP contribution in [-0.2, 0) is 0 Å². The van der Waals surface area contributed by atoms with E-state index in [1.165, 1.54) is 11.3 Å². The molecule has 1 aromatic heterocycles. The van der Waals surface area contributed by atoms with Gasteiger partial charge in [0.1, 0.15) is 6.10 Å². The van der Waals surface area contributed by atoms with E-state index >= 15 is 0 Å².